The largest absolute Gasteiger partial charge is 0.469 e. The van der Waals surface area contributed by atoms with Crippen molar-refractivity contribution in [1.29, 1.82) is 0 Å². The quantitative estimate of drug-likeness (QED) is 0.582. The van der Waals surface area contributed by atoms with E-state index in [2.05, 4.69) is 26.6 Å². The standard InChI is InChI=1S/C22H25BrN2O5/c1-22(2,3)30-21(28)24-17-11-7-15(8-12-17)20(27)25-18(13-19(26)29-4)14-5-9-16(23)10-6-14/h5-12,18H,13H2,1-4H3,(H,24,28)(H,25,27). The van der Waals surface area contributed by atoms with Crippen molar-refractivity contribution in [2.45, 2.75) is 38.8 Å². The Morgan fingerprint density at radius 1 is 1.00 bits per heavy atom. The number of anilines is 1. The highest BCUT2D eigenvalue weighted by Crippen LogP contribution is 2.21. The van der Waals surface area contributed by atoms with Gasteiger partial charge in [-0.05, 0) is 62.7 Å². The normalized spacial score (nSPS) is 11.9. The summed E-state index contributed by atoms with van der Waals surface area (Å²) in [5, 5.41) is 5.47. The van der Waals surface area contributed by atoms with Gasteiger partial charge in [-0.1, -0.05) is 28.1 Å². The smallest absolute Gasteiger partial charge is 0.412 e. The van der Waals surface area contributed by atoms with Gasteiger partial charge in [0.1, 0.15) is 5.60 Å². The van der Waals surface area contributed by atoms with E-state index >= 15 is 0 Å². The van der Waals surface area contributed by atoms with E-state index in [4.69, 9.17) is 9.47 Å². The summed E-state index contributed by atoms with van der Waals surface area (Å²) in [5.74, 6) is -0.782. The minimum Gasteiger partial charge on any atom is -0.469 e. The summed E-state index contributed by atoms with van der Waals surface area (Å²) < 4.78 is 10.8. The first kappa shape index (κ1) is 23.4. The SMILES string of the molecule is COC(=O)CC(NC(=O)c1ccc(NC(=O)OC(C)(C)C)cc1)c1ccc(Br)cc1. The lowest BCUT2D eigenvalue weighted by atomic mass is 10.0. The molecule has 0 saturated heterocycles. The molecule has 2 rings (SSSR count). The Morgan fingerprint density at radius 2 is 1.60 bits per heavy atom. The number of carbonyl (C=O) groups is 3. The molecule has 0 heterocycles. The molecule has 0 aliphatic carbocycles. The van der Waals surface area contributed by atoms with Crippen LogP contribution < -0.4 is 10.6 Å². The van der Waals surface area contributed by atoms with Gasteiger partial charge >= 0.3 is 12.1 Å². The molecule has 0 bridgehead atoms. The zero-order valence-electron chi connectivity index (χ0n) is 17.3. The van der Waals surface area contributed by atoms with Crippen molar-refractivity contribution in [3.63, 3.8) is 0 Å². The van der Waals surface area contributed by atoms with Crippen LogP contribution in [-0.4, -0.2) is 30.7 Å². The van der Waals surface area contributed by atoms with E-state index in [0.717, 1.165) is 10.0 Å². The topological polar surface area (TPSA) is 93.7 Å². The summed E-state index contributed by atoms with van der Waals surface area (Å²) in [6.07, 6.45) is -0.574. The summed E-state index contributed by atoms with van der Waals surface area (Å²) in [6, 6.07) is 13.2. The second kappa shape index (κ2) is 10.2. The molecule has 2 N–H and O–H groups in total. The number of hydrogen-bond donors (Lipinski definition) is 2. The van der Waals surface area contributed by atoms with Gasteiger partial charge in [0.05, 0.1) is 19.6 Å². The highest BCUT2D eigenvalue weighted by molar-refractivity contribution is 9.10. The third kappa shape index (κ3) is 7.51. The van der Waals surface area contributed by atoms with Crippen molar-refractivity contribution in [2.24, 2.45) is 0 Å². The average molecular weight is 477 g/mol. The predicted molar refractivity (Wildman–Crippen MR) is 117 cm³/mol. The maximum absolute atomic E-state index is 12.7. The lowest BCUT2D eigenvalue weighted by Crippen LogP contribution is -2.30. The third-order valence-corrected chi connectivity index (χ3v) is 4.50. The molecular weight excluding hydrogens is 452 g/mol. The minimum atomic E-state index is -0.606. The first-order valence-electron chi connectivity index (χ1n) is 9.30. The molecule has 1 atom stereocenters. The van der Waals surface area contributed by atoms with E-state index in [1.54, 1.807) is 45.0 Å². The minimum absolute atomic E-state index is 0.00214. The summed E-state index contributed by atoms with van der Waals surface area (Å²) in [6.45, 7) is 5.32. The Hall–Kier alpha value is -2.87. The molecule has 0 saturated carbocycles. The molecule has 0 spiro atoms. The van der Waals surface area contributed by atoms with Crippen LogP contribution in [0.4, 0.5) is 10.5 Å². The van der Waals surface area contributed by atoms with Crippen molar-refractivity contribution in [3.8, 4) is 0 Å². The van der Waals surface area contributed by atoms with E-state index in [-0.39, 0.29) is 12.3 Å². The number of methoxy groups -OCH3 is 1. The molecule has 0 aliphatic heterocycles. The van der Waals surface area contributed by atoms with E-state index in [1.807, 2.05) is 24.3 Å². The Balaban J connectivity index is 2.08. The molecule has 8 heteroatoms. The second-order valence-corrected chi connectivity index (χ2v) is 8.48. The van der Waals surface area contributed by atoms with Crippen LogP contribution in [0.2, 0.25) is 0 Å². The summed E-state index contributed by atoms with van der Waals surface area (Å²) in [5.41, 5.74) is 1.06. The number of esters is 1. The molecule has 0 fully saturated rings. The molecule has 0 aliphatic rings. The molecule has 160 valence electrons. The predicted octanol–water partition coefficient (Wildman–Crippen LogP) is 4.83. The number of rotatable bonds is 6. The monoisotopic (exact) mass is 476 g/mol. The van der Waals surface area contributed by atoms with Crippen LogP contribution in [0.3, 0.4) is 0 Å². The van der Waals surface area contributed by atoms with Crippen LogP contribution in [0.25, 0.3) is 0 Å². The third-order valence-electron chi connectivity index (χ3n) is 3.97. The van der Waals surface area contributed by atoms with Crippen molar-refractivity contribution in [2.75, 3.05) is 12.4 Å². The molecule has 7 nitrogen and oxygen atoms in total. The van der Waals surface area contributed by atoms with E-state index in [1.165, 1.54) is 7.11 Å². The van der Waals surface area contributed by atoms with E-state index < -0.39 is 23.7 Å². The molecule has 2 aromatic rings. The van der Waals surface area contributed by atoms with Gasteiger partial charge in [0.2, 0.25) is 0 Å². The number of amides is 2. The Bertz CT molecular complexity index is 889. The molecule has 2 amide bonds. The van der Waals surface area contributed by atoms with Crippen molar-refractivity contribution >= 4 is 39.6 Å². The number of halogens is 1. The van der Waals surface area contributed by atoms with Crippen LogP contribution in [0.15, 0.2) is 53.0 Å². The molecule has 0 aromatic heterocycles. The van der Waals surface area contributed by atoms with Crippen LogP contribution in [-0.2, 0) is 14.3 Å². The zero-order chi connectivity index (χ0) is 22.3. The van der Waals surface area contributed by atoms with Crippen molar-refractivity contribution < 1.29 is 23.9 Å². The lowest BCUT2D eigenvalue weighted by molar-refractivity contribution is -0.141. The van der Waals surface area contributed by atoms with Crippen LogP contribution >= 0.6 is 15.9 Å². The van der Waals surface area contributed by atoms with Gasteiger partial charge in [-0.15, -0.1) is 0 Å². The molecular formula is C22H25BrN2O5. The van der Waals surface area contributed by atoms with Crippen molar-refractivity contribution in [3.05, 3.63) is 64.1 Å². The number of ether oxygens (including phenoxy) is 2. The van der Waals surface area contributed by atoms with Crippen LogP contribution in [0, 0.1) is 0 Å². The van der Waals surface area contributed by atoms with Crippen molar-refractivity contribution in [1.82, 2.24) is 5.32 Å². The second-order valence-electron chi connectivity index (χ2n) is 7.56. The number of hydrogen-bond acceptors (Lipinski definition) is 5. The van der Waals surface area contributed by atoms with Gasteiger partial charge in [0, 0.05) is 15.7 Å². The van der Waals surface area contributed by atoms with E-state index in [9.17, 15) is 14.4 Å². The number of carbonyl (C=O) groups excluding carboxylic acids is 3. The Labute approximate surface area is 184 Å². The van der Waals surface area contributed by atoms with Crippen LogP contribution in [0.1, 0.15) is 49.2 Å². The fraction of sp³-hybridized carbons (Fsp3) is 0.318. The van der Waals surface area contributed by atoms with Gasteiger partial charge in [-0.2, -0.15) is 0 Å². The molecule has 30 heavy (non-hydrogen) atoms. The molecule has 0 radical (unpaired) electrons. The number of nitrogens with one attached hydrogen (secondary N) is 2. The van der Waals surface area contributed by atoms with Gasteiger partial charge in [0.25, 0.3) is 5.91 Å². The van der Waals surface area contributed by atoms with Gasteiger partial charge in [-0.25, -0.2) is 4.79 Å². The Kier molecular flexibility index (Phi) is 8.00. The fourth-order valence-electron chi connectivity index (χ4n) is 2.57. The summed E-state index contributed by atoms with van der Waals surface area (Å²) >= 11 is 3.37. The van der Waals surface area contributed by atoms with Crippen LogP contribution in [0.5, 0.6) is 0 Å². The molecule has 2 aromatic carbocycles. The van der Waals surface area contributed by atoms with Gasteiger partial charge in [0.15, 0.2) is 0 Å². The number of benzene rings is 2. The van der Waals surface area contributed by atoms with Gasteiger partial charge in [-0.3, -0.25) is 14.9 Å². The van der Waals surface area contributed by atoms with Gasteiger partial charge < -0.3 is 14.8 Å². The van der Waals surface area contributed by atoms with E-state index in [0.29, 0.717) is 11.3 Å². The fourth-order valence-corrected chi connectivity index (χ4v) is 2.83. The first-order chi connectivity index (χ1) is 14.1. The maximum atomic E-state index is 12.7. The Morgan fingerprint density at radius 3 is 2.13 bits per heavy atom. The summed E-state index contributed by atoms with van der Waals surface area (Å²) in [4.78, 5) is 36.3. The zero-order valence-corrected chi connectivity index (χ0v) is 18.9. The lowest BCUT2D eigenvalue weighted by Gasteiger charge is -2.20. The first-order valence-corrected chi connectivity index (χ1v) is 10.1. The highest BCUT2D eigenvalue weighted by atomic mass is 79.9. The average Bonchev–Trinajstić information content (AvgIpc) is 2.67. The maximum Gasteiger partial charge on any atom is 0.412 e. The molecule has 1 unspecified atom stereocenters. The summed E-state index contributed by atoms with van der Waals surface area (Å²) in [7, 11) is 1.30. The highest BCUT2D eigenvalue weighted by Gasteiger charge is 2.20.